The van der Waals surface area contributed by atoms with E-state index in [0.29, 0.717) is 0 Å². The van der Waals surface area contributed by atoms with Crippen molar-refractivity contribution in [1.82, 2.24) is 0 Å². The first kappa shape index (κ1) is 11.6. The lowest BCUT2D eigenvalue weighted by Gasteiger charge is -2.17. The van der Waals surface area contributed by atoms with Crippen LogP contribution < -0.4 is 5.11 Å². The molecule has 0 radical (unpaired) electrons. The highest BCUT2D eigenvalue weighted by Gasteiger charge is 2.42. The molecule has 3 atom stereocenters. The average molecular weight is 214 g/mol. The van der Waals surface area contributed by atoms with Gasteiger partial charge in [-0.05, 0) is 12.3 Å². The number of carbonyl (C=O) groups is 2. The topological polar surface area (TPSA) is 100 Å². The molecule has 84 valence electrons. The maximum absolute atomic E-state index is 11.4. The van der Waals surface area contributed by atoms with Crippen LogP contribution in [0.1, 0.15) is 19.8 Å². The van der Waals surface area contributed by atoms with E-state index in [2.05, 4.69) is 0 Å². The highest BCUT2D eigenvalue weighted by Crippen LogP contribution is 2.36. The Morgan fingerprint density at radius 2 is 2.20 bits per heavy atom. The van der Waals surface area contributed by atoms with Gasteiger partial charge in [0.25, 0.3) is 0 Å². The van der Waals surface area contributed by atoms with Crippen LogP contribution in [0, 0.1) is 27.9 Å². The monoisotopic (exact) mass is 214 g/mol. The standard InChI is InChI=1S/C9H13NO5/c1-5-2-8(11)6(3-9(12)13)7(5)4-10(14)15/h5-7H,2-4H2,1H3,(H,12,13)/p-1/t5-,6-,7-/m1/s1. The number of nitrogens with zero attached hydrogens (tertiary/aromatic N) is 1. The van der Waals surface area contributed by atoms with Gasteiger partial charge in [0.1, 0.15) is 5.78 Å². The van der Waals surface area contributed by atoms with Crippen LogP contribution in [0.15, 0.2) is 0 Å². The van der Waals surface area contributed by atoms with Crippen molar-refractivity contribution in [2.75, 3.05) is 6.54 Å². The van der Waals surface area contributed by atoms with Gasteiger partial charge in [-0.25, -0.2) is 0 Å². The molecule has 6 nitrogen and oxygen atoms in total. The normalized spacial score (nSPS) is 30.5. The minimum Gasteiger partial charge on any atom is -0.550 e. The molecule has 0 saturated heterocycles. The molecule has 0 aliphatic heterocycles. The number of carboxylic acid groups (broad SMARTS) is 1. The summed E-state index contributed by atoms with van der Waals surface area (Å²) in [4.78, 5) is 31.7. The molecule has 1 aliphatic rings. The Morgan fingerprint density at radius 1 is 1.60 bits per heavy atom. The summed E-state index contributed by atoms with van der Waals surface area (Å²) in [6.45, 7) is 1.40. The number of aliphatic carboxylic acids is 1. The van der Waals surface area contributed by atoms with Crippen LogP contribution in [-0.4, -0.2) is 23.2 Å². The molecule has 15 heavy (non-hydrogen) atoms. The molecule has 0 N–H and O–H groups in total. The first-order valence-electron chi connectivity index (χ1n) is 4.76. The van der Waals surface area contributed by atoms with Gasteiger partial charge in [0.2, 0.25) is 6.54 Å². The van der Waals surface area contributed by atoms with Crippen molar-refractivity contribution in [2.45, 2.75) is 19.8 Å². The van der Waals surface area contributed by atoms with E-state index < -0.39 is 29.1 Å². The maximum Gasteiger partial charge on any atom is 0.207 e. The predicted molar refractivity (Wildman–Crippen MR) is 47.3 cm³/mol. The van der Waals surface area contributed by atoms with Crippen LogP contribution in [0.3, 0.4) is 0 Å². The molecular weight excluding hydrogens is 202 g/mol. The number of ketones is 1. The second kappa shape index (κ2) is 4.37. The fourth-order valence-electron chi connectivity index (χ4n) is 2.18. The van der Waals surface area contributed by atoms with E-state index in [1.165, 1.54) is 0 Å². The van der Waals surface area contributed by atoms with Crippen LogP contribution in [0.5, 0.6) is 0 Å². The van der Waals surface area contributed by atoms with Crippen molar-refractivity contribution >= 4 is 11.8 Å². The van der Waals surface area contributed by atoms with Gasteiger partial charge in [-0.2, -0.15) is 0 Å². The van der Waals surface area contributed by atoms with Gasteiger partial charge >= 0.3 is 0 Å². The molecular formula is C9H12NO5-. The first-order chi connectivity index (χ1) is 6.91. The van der Waals surface area contributed by atoms with E-state index in [-0.39, 0.29) is 24.7 Å². The van der Waals surface area contributed by atoms with Gasteiger partial charge in [0, 0.05) is 29.1 Å². The Labute approximate surface area is 86.4 Å². The fraction of sp³-hybridized carbons (Fsp3) is 0.778. The maximum atomic E-state index is 11.4. The van der Waals surface area contributed by atoms with Crippen molar-refractivity contribution in [3.05, 3.63) is 10.1 Å². The number of hydrogen-bond donors (Lipinski definition) is 0. The zero-order valence-corrected chi connectivity index (χ0v) is 8.34. The van der Waals surface area contributed by atoms with Crippen molar-refractivity contribution in [1.29, 1.82) is 0 Å². The lowest BCUT2D eigenvalue weighted by molar-refractivity contribution is -0.490. The molecule has 1 aliphatic carbocycles. The Kier molecular flexibility index (Phi) is 3.39. The minimum absolute atomic E-state index is 0.118. The van der Waals surface area contributed by atoms with Crippen molar-refractivity contribution in [3.8, 4) is 0 Å². The zero-order chi connectivity index (χ0) is 11.6. The van der Waals surface area contributed by atoms with Crippen LogP contribution in [0.2, 0.25) is 0 Å². The number of carboxylic acids is 1. The number of Topliss-reactive ketones (excluding diaryl/α,β-unsaturated/α-hetero) is 1. The molecule has 0 amide bonds. The van der Waals surface area contributed by atoms with E-state index in [4.69, 9.17) is 0 Å². The molecule has 0 heterocycles. The summed E-state index contributed by atoms with van der Waals surface area (Å²) < 4.78 is 0. The molecule has 0 aromatic rings. The summed E-state index contributed by atoms with van der Waals surface area (Å²) in [5.41, 5.74) is 0. The van der Waals surface area contributed by atoms with Crippen molar-refractivity contribution in [2.24, 2.45) is 17.8 Å². The SMILES string of the molecule is C[C@@H]1CC(=O)[C@H](CC(=O)[O-])[C@@H]1C[N+](=O)[O-]. The third-order valence-corrected chi connectivity index (χ3v) is 2.93. The molecule has 0 unspecified atom stereocenters. The van der Waals surface area contributed by atoms with Gasteiger partial charge in [0.15, 0.2) is 0 Å². The number of rotatable bonds is 4. The summed E-state index contributed by atoms with van der Waals surface area (Å²) in [6.07, 6.45) is -0.169. The largest absolute Gasteiger partial charge is 0.550 e. The number of carbonyl (C=O) groups excluding carboxylic acids is 2. The van der Waals surface area contributed by atoms with Gasteiger partial charge < -0.3 is 9.90 Å². The second-order valence-corrected chi connectivity index (χ2v) is 4.01. The minimum atomic E-state index is -1.32. The van der Waals surface area contributed by atoms with Crippen LogP contribution >= 0.6 is 0 Å². The van der Waals surface area contributed by atoms with Gasteiger partial charge in [0.05, 0.1) is 0 Å². The van der Waals surface area contributed by atoms with E-state index >= 15 is 0 Å². The van der Waals surface area contributed by atoms with E-state index in [9.17, 15) is 24.8 Å². The lowest BCUT2D eigenvalue weighted by Crippen LogP contribution is -2.32. The number of nitro groups is 1. The van der Waals surface area contributed by atoms with Gasteiger partial charge in [-0.15, -0.1) is 0 Å². The Bertz CT molecular complexity index is 301. The molecule has 0 aromatic carbocycles. The predicted octanol–water partition coefficient (Wildman–Crippen LogP) is -0.756. The van der Waals surface area contributed by atoms with Crippen molar-refractivity contribution in [3.63, 3.8) is 0 Å². The van der Waals surface area contributed by atoms with E-state index in [1.807, 2.05) is 0 Å². The number of hydrogen-bond acceptors (Lipinski definition) is 5. The highest BCUT2D eigenvalue weighted by atomic mass is 16.6. The summed E-state index contributed by atoms with van der Waals surface area (Å²) in [5, 5.41) is 20.8. The molecule has 1 rings (SSSR count). The summed E-state index contributed by atoms with van der Waals surface area (Å²) in [6, 6.07) is 0. The second-order valence-electron chi connectivity index (χ2n) is 4.01. The third kappa shape index (κ3) is 2.74. The Hall–Kier alpha value is -1.46. The Balaban J connectivity index is 2.75. The third-order valence-electron chi connectivity index (χ3n) is 2.93. The Morgan fingerprint density at radius 3 is 2.67 bits per heavy atom. The molecule has 0 bridgehead atoms. The molecule has 1 saturated carbocycles. The van der Waals surface area contributed by atoms with Crippen LogP contribution in [0.4, 0.5) is 0 Å². The van der Waals surface area contributed by atoms with Gasteiger partial charge in [-0.1, -0.05) is 6.92 Å². The molecule has 0 aromatic heterocycles. The smallest absolute Gasteiger partial charge is 0.207 e. The quantitative estimate of drug-likeness (QED) is 0.452. The average Bonchev–Trinajstić information content (AvgIpc) is 2.30. The van der Waals surface area contributed by atoms with Crippen LogP contribution in [-0.2, 0) is 9.59 Å². The van der Waals surface area contributed by atoms with Gasteiger partial charge in [-0.3, -0.25) is 14.9 Å². The highest BCUT2D eigenvalue weighted by molar-refractivity contribution is 5.87. The van der Waals surface area contributed by atoms with E-state index in [0.717, 1.165) is 0 Å². The van der Waals surface area contributed by atoms with E-state index in [1.54, 1.807) is 6.92 Å². The lowest BCUT2D eigenvalue weighted by atomic mass is 9.88. The summed E-state index contributed by atoms with van der Waals surface area (Å²) in [5.74, 6) is -2.85. The van der Waals surface area contributed by atoms with Crippen LogP contribution in [0.25, 0.3) is 0 Å². The fourth-order valence-corrected chi connectivity index (χ4v) is 2.18. The summed E-state index contributed by atoms with van der Waals surface area (Å²) in [7, 11) is 0. The summed E-state index contributed by atoms with van der Waals surface area (Å²) >= 11 is 0. The first-order valence-corrected chi connectivity index (χ1v) is 4.76. The molecule has 1 fully saturated rings. The van der Waals surface area contributed by atoms with Crippen molar-refractivity contribution < 1.29 is 19.6 Å². The molecule has 0 spiro atoms. The zero-order valence-electron chi connectivity index (χ0n) is 8.34. The molecule has 6 heteroatoms.